The molecule has 1 N–H and O–H groups in total. The van der Waals surface area contributed by atoms with E-state index in [4.69, 9.17) is 11.6 Å². The van der Waals surface area contributed by atoms with Crippen LogP contribution in [0.3, 0.4) is 0 Å². The summed E-state index contributed by atoms with van der Waals surface area (Å²) in [6.07, 6.45) is 2.65. The first-order chi connectivity index (χ1) is 9.49. The van der Waals surface area contributed by atoms with E-state index in [9.17, 15) is 19.3 Å². The van der Waals surface area contributed by atoms with E-state index < -0.39 is 22.3 Å². The summed E-state index contributed by atoms with van der Waals surface area (Å²) in [4.78, 5) is 25.4. The second kappa shape index (κ2) is 5.62. The maximum atomic E-state index is 13.6. The van der Waals surface area contributed by atoms with Crippen molar-refractivity contribution in [1.82, 2.24) is 4.98 Å². The van der Waals surface area contributed by atoms with Gasteiger partial charge in [0.2, 0.25) is 0 Å². The molecule has 2 rings (SSSR count). The highest BCUT2D eigenvalue weighted by molar-refractivity contribution is 6.34. The lowest BCUT2D eigenvalue weighted by Crippen LogP contribution is -2.13. The fraction of sp³-hybridized carbons (Fsp3) is 0. The summed E-state index contributed by atoms with van der Waals surface area (Å²) < 4.78 is 13.6. The molecule has 1 amide bonds. The minimum Gasteiger partial charge on any atom is -0.319 e. The Balaban J connectivity index is 2.25. The molecule has 8 heteroatoms. The summed E-state index contributed by atoms with van der Waals surface area (Å²) in [6, 6.07) is 4.34. The number of hydrogen-bond acceptors (Lipinski definition) is 4. The zero-order chi connectivity index (χ0) is 14.7. The SMILES string of the molecule is O=C(Nc1ccc([N+](=O)[O-])cc1F)c1cnccc1Cl. The van der Waals surface area contributed by atoms with Gasteiger partial charge in [-0.2, -0.15) is 0 Å². The predicted octanol–water partition coefficient (Wildman–Crippen LogP) is 3.03. The zero-order valence-electron chi connectivity index (χ0n) is 9.84. The van der Waals surface area contributed by atoms with Crippen LogP contribution in [0.25, 0.3) is 0 Å². The number of anilines is 1. The highest BCUT2D eigenvalue weighted by Gasteiger charge is 2.15. The number of nitro groups is 1. The number of rotatable bonds is 3. The van der Waals surface area contributed by atoms with E-state index in [0.29, 0.717) is 0 Å². The normalized spacial score (nSPS) is 10.1. The summed E-state index contributed by atoms with van der Waals surface area (Å²) in [5, 5.41) is 12.9. The Kier molecular flexibility index (Phi) is 3.90. The highest BCUT2D eigenvalue weighted by atomic mass is 35.5. The van der Waals surface area contributed by atoms with Gasteiger partial charge in [0.25, 0.3) is 11.6 Å². The van der Waals surface area contributed by atoms with Crippen LogP contribution < -0.4 is 5.32 Å². The number of pyridine rings is 1. The number of nitrogens with one attached hydrogen (secondary N) is 1. The number of nitro benzene ring substituents is 1. The number of amides is 1. The number of hydrogen-bond donors (Lipinski definition) is 1. The molecule has 1 heterocycles. The van der Waals surface area contributed by atoms with E-state index in [1.807, 2.05) is 0 Å². The molecule has 2 aromatic rings. The maximum absolute atomic E-state index is 13.6. The van der Waals surface area contributed by atoms with Gasteiger partial charge in [-0.25, -0.2) is 4.39 Å². The van der Waals surface area contributed by atoms with Gasteiger partial charge >= 0.3 is 0 Å². The minimum absolute atomic E-state index is 0.0759. The van der Waals surface area contributed by atoms with Gasteiger partial charge in [0.1, 0.15) is 0 Å². The van der Waals surface area contributed by atoms with Crippen molar-refractivity contribution >= 4 is 28.9 Å². The van der Waals surface area contributed by atoms with Gasteiger partial charge < -0.3 is 5.32 Å². The van der Waals surface area contributed by atoms with Crippen molar-refractivity contribution < 1.29 is 14.1 Å². The van der Waals surface area contributed by atoms with Gasteiger partial charge in [-0.05, 0) is 12.1 Å². The first-order valence-corrected chi connectivity index (χ1v) is 5.71. The molecule has 0 aliphatic rings. The van der Waals surface area contributed by atoms with Crippen LogP contribution in [0.15, 0.2) is 36.7 Å². The van der Waals surface area contributed by atoms with E-state index in [1.165, 1.54) is 18.5 Å². The van der Waals surface area contributed by atoms with Crippen molar-refractivity contribution in [3.63, 3.8) is 0 Å². The zero-order valence-corrected chi connectivity index (χ0v) is 10.6. The molecule has 102 valence electrons. The second-order valence-corrected chi connectivity index (χ2v) is 4.14. The summed E-state index contributed by atoms with van der Waals surface area (Å²) in [5.74, 6) is -1.57. The summed E-state index contributed by atoms with van der Waals surface area (Å²) in [6.45, 7) is 0. The molecule has 0 atom stereocenters. The average Bonchev–Trinajstić information content (AvgIpc) is 2.41. The minimum atomic E-state index is -0.910. The van der Waals surface area contributed by atoms with E-state index in [1.54, 1.807) is 0 Å². The predicted molar refractivity (Wildman–Crippen MR) is 70.3 cm³/mol. The van der Waals surface area contributed by atoms with Gasteiger partial charge in [0, 0.05) is 18.5 Å². The smallest absolute Gasteiger partial charge is 0.272 e. The summed E-state index contributed by atoms with van der Waals surface area (Å²) in [5.41, 5.74) is -0.507. The maximum Gasteiger partial charge on any atom is 0.272 e. The van der Waals surface area contributed by atoms with Crippen molar-refractivity contribution in [2.24, 2.45) is 0 Å². The first kappa shape index (κ1) is 13.9. The van der Waals surface area contributed by atoms with Crippen molar-refractivity contribution in [2.45, 2.75) is 0 Å². The van der Waals surface area contributed by atoms with Crippen LogP contribution in [0.5, 0.6) is 0 Å². The first-order valence-electron chi connectivity index (χ1n) is 5.34. The third-order valence-corrected chi connectivity index (χ3v) is 2.75. The third-order valence-electron chi connectivity index (χ3n) is 2.42. The van der Waals surface area contributed by atoms with Crippen LogP contribution in [-0.2, 0) is 0 Å². The average molecular weight is 296 g/mol. The van der Waals surface area contributed by atoms with Crippen LogP contribution in [0, 0.1) is 15.9 Å². The third kappa shape index (κ3) is 2.89. The number of nitrogens with zero attached hydrogens (tertiary/aromatic N) is 2. The largest absolute Gasteiger partial charge is 0.319 e. The molecule has 0 aliphatic carbocycles. The van der Waals surface area contributed by atoms with Crippen molar-refractivity contribution in [3.8, 4) is 0 Å². The van der Waals surface area contributed by atoms with Gasteiger partial charge in [-0.15, -0.1) is 0 Å². The molecular formula is C12H7ClFN3O3. The molecule has 0 fully saturated rings. The number of benzene rings is 1. The summed E-state index contributed by atoms with van der Waals surface area (Å²) in [7, 11) is 0. The lowest BCUT2D eigenvalue weighted by molar-refractivity contribution is -0.385. The number of carbonyl (C=O) groups is 1. The van der Waals surface area contributed by atoms with E-state index in [2.05, 4.69) is 10.3 Å². The van der Waals surface area contributed by atoms with Crippen molar-refractivity contribution in [2.75, 3.05) is 5.32 Å². The molecule has 0 aliphatic heterocycles. The molecule has 0 unspecified atom stereocenters. The highest BCUT2D eigenvalue weighted by Crippen LogP contribution is 2.22. The Morgan fingerprint density at radius 3 is 2.75 bits per heavy atom. The Labute approximate surface area is 117 Å². The molecule has 6 nitrogen and oxygen atoms in total. The lowest BCUT2D eigenvalue weighted by atomic mass is 10.2. The molecule has 20 heavy (non-hydrogen) atoms. The molecule has 0 radical (unpaired) electrons. The van der Waals surface area contributed by atoms with E-state index >= 15 is 0 Å². The number of aromatic nitrogens is 1. The van der Waals surface area contributed by atoms with Crippen LogP contribution in [0.1, 0.15) is 10.4 Å². The molecule has 1 aromatic heterocycles. The Bertz CT molecular complexity index is 693. The van der Waals surface area contributed by atoms with Gasteiger partial charge in [-0.3, -0.25) is 19.9 Å². The van der Waals surface area contributed by atoms with Crippen LogP contribution in [-0.4, -0.2) is 15.8 Å². The topological polar surface area (TPSA) is 85.1 Å². The second-order valence-electron chi connectivity index (χ2n) is 3.73. The number of carbonyl (C=O) groups excluding carboxylic acids is 1. The Hall–Kier alpha value is -2.54. The fourth-order valence-corrected chi connectivity index (χ4v) is 1.64. The Morgan fingerprint density at radius 2 is 2.15 bits per heavy atom. The number of non-ortho nitro benzene ring substituents is 1. The quantitative estimate of drug-likeness (QED) is 0.696. The molecular weight excluding hydrogens is 289 g/mol. The molecule has 0 spiro atoms. The molecule has 0 saturated heterocycles. The summed E-state index contributed by atoms with van der Waals surface area (Å²) >= 11 is 5.81. The van der Waals surface area contributed by atoms with Crippen molar-refractivity contribution in [1.29, 1.82) is 0 Å². The number of halogens is 2. The van der Waals surface area contributed by atoms with E-state index in [0.717, 1.165) is 18.2 Å². The van der Waals surface area contributed by atoms with Gasteiger partial charge in [0.15, 0.2) is 5.82 Å². The molecule has 1 aromatic carbocycles. The van der Waals surface area contributed by atoms with Crippen molar-refractivity contribution in [3.05, 3.63) is 63.2 Å². The van der Waals surface area contributed by atoms with Crippen LogP contribution in [0.4, 0.5) is 15.8 Å². The standard InChI is InChI=1S/C12H7ClFN3O3/c13-9-3-4-15-6-8(9)12(18)16-11-2-1-7(17(19)20)5-10(11)14/h1-6H,(H,16,18). The van der Waals surface area contributed by atoms with Gasteiger partial charge in [0.05, 0.1) is 27.3 Å². The van der Waals surface area contributed by atoms with Gasteiger partial charge in [-0.1, -0.05) is 11.6 Å². The lowest BCUT2D eigenvalue weighted by Gasteiger charge is -2.07. The Morgan fingerprint density at radius 1 is 1.40 bits per heavy atom. The monoisotopic (exact) mass is 295 g/mol. The molecule has 0 saturated carbocycles. The van der Waals surface area contributed by atoms with Crippen LogP contribution >= 0.6 is 11.6 Å². The molecule has 0 bridgehead atoms. The van der Waals surface area contributed by atoms with E-state index in [-0.39, 0.29) is 16.3 Å². The van der Waals surface area contributed by atoms with Crippen LogP contribution in [0.2, 0.25) is 5.02 Å². The fourth-order valence-electron chi connectivity index (χ4n) is 1.45.